The van der Waals surface area contributed by atoms with Crippen LogP contribution in [0.2, 0.25) is 5.02 Å². The summed E-state index contributed by atoms with van der Waals surface area (Å²) in [5.41, 5.74) is 1.66. The average Bonchev–Trinajstić information content (AvgIpc) is 3.02. The molecule has 0 aliphatic rings. The summed E-state index contributed by atoms with van der Waals surface area (Å²) in [6.45, 7) is 2.04. The molecule has 1 aromatic heterocycles. The van der Waals surface area contributed by atoms with Crippen molar-refractivity contribution in [3.8, 4) is 16.3 Å². The van der Waals surface area contributed by atoms with Crippen LogP contribution in [-0.2, 0) is 6.54 Å². The summed E-state index contributed by atoms with van der Waals surface area (Å²) in [4.78, 5) is 16.4. The van der Waals surface area contributed by atoms with Crippen LogP contribution in [0.3, 0.4) is 0 Å². The Bertz CT molecular complexity index is 925. The van der Waals surface area contributed by atoms with Crippen LogP contribution in [0.4, 0.5) is 4.39 Å². The third kappa shape index (κ3) is 3.97. The first-order chi connectivity index (χ1) is 11.9. The normalized spacial score (nSPS) is 10.7. The van der Waals surface area contributed by atoms with E-state index in [-0.39, 0.29) is 23.4 Å². The summed E-state index contributed by atoms with van der Waals surface area (Å²) in [5, 5.41) is 15.7. The lowest BCUT2D eigenvalue weighted by molar-refractivity contribution is 0.0946. The van der Waals surface area contributed by atoms with E-state index in [9.17, 15) is 14.3 Å². The van der Waals surface area contributed by atoms with Crippen LogP contribution in [-0.4, -0.2) is 16.0 Å². The minimum absolute atomic E-state index is 0.188. The standard InChI is InChI=1S/C18H14ClFN2O2S/c1-10-9-25-18(22-10)14-6-15(20)13(7-16(14)23)17(24)21-8-11-2-4-12(19)5-3-11/h2-7,9,23H,8H2,1H3,(H,21,24). The lowest BCUT2D eigenvalue weighted by Gasteiger charge is -2.09. The topological polar surface area (TPSA) is 62.2 Å². The van der Waals surface area contributed by atoms with E-state index in [4.69, 9.17) is 11.6 Å². The minimum Gasteiger partial charge on any atom is -0.507 e. The number of nitrogens with zero attached hydrogens (tertiary/aromatic N) is 1. The summed E-state index contributed by atoms with van der Waals surface area (Å²) in [6.07, 6.45) is 0. The van der Waals surface area contributed by atoms with Crippen LogP contribution < -0.4 is 5.32 Å². The molecule has 4 nitrogen and oxygen atoms in total. The highest BCUT2D eigenvalue weighted by Crippen LogP contribution is 2.33. The molecule has 0 fully saturated rings. The molecule has 25 heavy (non-hydrogen) atoms. The van der Waals surface area contributed by atoms with Crippen molar-refractivity contribution in [2.24, 2.45) is 0 Å². The Balaban J connectivity index is 1.78. The summed E-state index contributed by atoms with van der Waals surface area (Å²) in [5.74, 6) is -1.51. The van der Waals surface area contributed by atoms with Crippen LogP contribution in [0, 0.1) is 12.7 Å². The van der Waals surface area contributed by atoms with Gasteiger partial charge in [-0.1, -0.05) is 23.7 Å². The van der Waals surface area contributed by atoms with Crippen molar-refractivity contribution in [3.63, 3.8) is 0 Å². The molecule has 7 heteroatoms. The molecule has 2 aromatic carbocycles. The summed E-state index contributed by atoms with van der Waals surface area (Å²) < 4.78 is 14.3. The van der Waals surface area contributed by atoms with Gasteiger partial charge in [0.25, 0.3) is 5.91 Å². The molecule has 0 aliphatic carbocycles. The van der Waals surface area contributed by atoms with E-state index >= 15 is 0 Å². The van der Waals surface area contributed by atoms with Gasteiger partial charge in [0.05, 0.1) is 11.1 Å². The van der Waals surface area contributed by atoms with Crippen molar-refractivity contribution in [3.05, 3.63) is 69.4 Å². The van der Waals surface area contributed by atoms with Crippen molar-refractivity contribution in [1.82, 2.24) is 10.3 Å². The molecule has 0 saturated heterocycles. The van der Waals surface area contributed by atoms with Crippen LogP contribution in [0.25, 0.3) is 10.6 Å². The lowest BCUT2D eigenvalue weighted by atomic mass is 10.1. The van der Waals surface area contributed by atoms with Crippen LogP contribution in [0.15, 0.2) is 41.8 Å². The smallest absolute Gasteiger partial charge is 0.254 e. The zero-order valence-corrected chi connectivity index (χ0v) is 14.8. The molecule has 128 valence electrons. The molecular weight excluding hydrogens is 363 g/mol. The lowest BCUT2D eigenvalue weighted by Crippen LogP contribution is -2.23. The van der Waals surface area contributed by atoms with Crippen LogP contribution >= 0.6 is 22.9 Å². The third-order valence-electron chi connectivity index (χ3n) is 3.55. The number of phenolic OH excluding ortho intramolecular Hbond substituents is 1. The number of aromatic nitrogens is 1. The van der Waals surface area contributed by atoms with Gasteiger partial charge in [-0.25, -0.2) is 9.37 Å². The second-order valence-corrected chi connectivity index (χ2v) is 6.75. The van der Waals surface area contributed by atoms with Gasteiger partial charge in [-0.15, -0.1) is 11.3 Å². The zero-order chi connectivity index (χ0) is 18.0. The van der Waals surface area contributed by atoms with Gasteiger partial charge in [0.1, 0.15) is 16.6 Å². The predicted octanol–water partition coefficient (Wildman–Crippen LogP) is 4.55. The van der Waals surface area contributed by atoms with Gasteiger partial charge in [-0.05, 0) is 36.8 Å². The van der Waals surface area contributed by atoms with Crippen molar-refractivity contribution >= 4 is 28.8 Å². The Morgan fingerprint density at radius 3 is 2.68 bits per heavy atom. The van der Waals surface area contributed by atoms with Crippen molar-refractivity contribution in [2.45, 2.75) is 13.5 Å². The monoisotopic (exact) mass is 376 g/mol. The van der Waals surface area contributed by atoms with Gasteiger partial charge in [-0.3, -0.25) is 4.79 Å². The van der Waals surface area contributed by atoms with Crippen molar-refractivity contribution in [1.29, 1.82) is 0 Å². The molecule has 0 saturated carbocycles. The van der Waals surface area contributed by atoms with Crippen molar-refractivity contribution in [2.75, 3.05) is 0 Å². The van der Waals surface area contributed by atoms with Crippen molar-refractivity contribution < 1.29 is 14.3 Å². The summed E-state index contributed by atoms with van der Waals surface area (Å²) >= 11 is 7.11. The number of aryl methyl sites for hydroxylation is 1. The largest absolute Gasteiger partial charge is 0.507 e. The first-order valence-corrected chi connectivity index (χ1v) is 8.67. The van der Waals surface area contributed by atoms with Gasteiger partial charge in [-0.2, -0.15) is 0 Å². The Morgan fingerprint density at radius 1 is 1.32 bits per heavy atom. The van der Waals surface area contributed by atoms with Gasteiger partial charge in [0.15, 0.2) is 0 Å². The number of rotatable bonds is 4. The first-order valence-electron chi connectivity index (χ1n) is 7.41. The van der Waals surface area contributed by atoms with E-state index in [0.29, 0.717) is 10.0 Å². The quantitative estimate of drug-likeness (QED) is 0.702. The number of hydrogen-bond acceptors (Lipinski definition) is 4. The molecule has 0 unspecified atom stereocenters. The maximum Gasteiger partial charge on any atom is 0.254 e. The molecular formula is C18H14ClFN2O2S. The fourth-order valence-corrected chi connectivity index (χ4v) is 3.21. The summed E-state index contributed by atoms with van der Waals surface area (Å²) in [6, 6.07) is 9.21. The molecule has 0 spiro atoms. The number of benzene rings is 2. The van der Waals surface area contributed by atoms with Crippen LogP contribution in [0.1, 0.15) is 21.6 Å². The molecule has 0 radical (unpaired) electrons. The highest BCUT2D eigenvalue weighted by atomic mass is 35.5. The van der Waals surface area contributed by atoms with E-state index in [1.54, 1.807) is 29.6 Å². The van der Waals surface area contributed by atoms with Gasteiger partial charge in [0.2, 0.25) is 0 Å². The fourth-order valence-electron chi connectivity index (χ4n) is 2.26. The third-order valence-corrected chi connectivity index (χ3v) is 4.79. The maximum absolute atomic E-state index is 14.3. The predicted molar refractivity (Wildman–Crippen MR) is 96.5 cm³/mol. The number of aromatic hydroxyl groups is 1. The maximum atomic E-state index is 14.3. The molecule has 0 bridgehead atoms. The van der Waals surface area contributed by atoms with E-state index < -0.39 is 11.7 Å². The average molecular weight is 377 g/mol. The van der Waals surface area contributed by atoms with Gasteiger partial charge in [0, 0.05) is 22.6 Å². The molecule has 3 rings (SSSR count). The molecule has 2 N–H and O–H groups in total. The number of carbonyl (C=O) groups excluding carboxylic acids is 1. The van der Waals surface area contributed by atoms with Crippen LogP contribution in [0.5, 0.6) is 5.75 Å². The molecule has 1 amide bonds. The van der Waals surface area contributed by atoms with E-state index in [0.717, 1.165) is 23.4 Å². The Labute approximate surface area is 152 Å². The highest BCUT2D eigenvalue weighted by molar-refractivity contribution is 7.13. The van der Waals surface area contributed by atoms with E-state index in [2.05, 4.69) is 10.3 Å². The first kappa shape index (κ1) is 17.4. The fraction of sp³-hybridized carbons (Fsp3) is 0.111. The highest BCUT2D eigenvalue weighted by Gasteiger charge is 2.18. The SMILES string of the molecule is Cc1csc(-c2cc(F)c(C(=O)NCc3ccc(Cl)cc3)cc2O)n1. The molecule has 3 aromatic rings. The number of thiazole rings is 1. The number of phenols is 1. The van der Waals surface area contributed by atoms with Gasteiger partial charge >= 0.3 is 0 Å². The number of hydrogen-bond donors (Lipinski definition) is 2. The number of amides is 1. The van der Waals surface area contributed by atoms with E-state index in [1.807, 2.05) is 6.92 Å². The minimum atomic E-state index is -0.714. The second-order valence-electron chi connectivity index (χ2n) is 5.45. The Kier molecular flexibility index (Phi) is 5.01. The number of nitrogens with one attached hydrogen (secondary N) is 1. The number of carbonyl (C=O) groups is 1. The number of halogens is 2. The molecule has 0 atom stereocenters. The second kappa shape index (κ2) is 7.21. The summed E-state index contributed by atoms with van der Waals surface area (Å²) in [7, 11) is 0. The Hall–Kier alpha value is -2.44. The molecule has 1 heterocycles. The zero-order valence-electron chi connectivity index (χ0n) is 13.2. The van der Waals surface area contributed by atoms with Gasteiger partial charge < -0.3 is 10.4 Å². The molecule has 0 aliphatic heterocycles. The Morgan fingerprint density at radius 2 is 2.04 bits per heavy atom. The van der Waals surface area contributed by atoms with E-state index in [1.165, 1.54) is 11.3 Å².